The number of nitrogens with one attached hydrogen (secondary N) is 1. The van der Waals surface area contributed by atoms with Crippen molar-refractivity contribution in [2.45, 2.75) is 32.7 Å². The molecule has 1 fully saturated rings. The zero-order valence-electron chi connectivity index (χ0n) is 16.7. The monoisotopic (exact) mass is 388 g/mol. The van der Waals surface area contributed by atoms with Gasteiger partial charge in [-0.1, -0.05) is 17.7 Å². The lowest BCUT2D eigenvalue weighted by atomic mass is 10.1. The van der Waals surface area contributed by atoms with Gasteiger partial charge in [-0.2, -0.15) is 10.2 Å². The molecule has 5 rings (SSSR count). The van der Waals surface area contributed by atoms with E-state index in [1.807, 2.05) is 27.4 Å². The van der Waals surface area contributed by atoms with Crippen LogP contribution in [0.1, 0.15) is 31.0 Å². The Labute approximate surface area is 169 Å². The Morgan fingerprint density at radius 3 is 2.59 bits per heavy atom. The van der Waals surface area contributed by atoms with Gasteiger partial charge in [0, 0.05) is 50.6 Å². The van der Waals surface area contributed by atoms with E-state index in [0.717, 1.165) is 54.1 Å². The fourth-order valence-electron chi connectivity index (χ4n) is 3.81. The van der Waals surface area contributed by atoms with Crippen LogP contribution in [0, 0.1) is 0 Å². The third-order valence-electron chi connectivity index (χ3n) is 5.64. The van der Waals surface area contributed by atoms with Crippen LogP contribution >= 0.6 is 0 Å². The van der Waals surface area contributed by atoms with Crippen molar-refractivity contribution in [3.63, 3.8) is 0 Å². The van der Waals surface area contributed by atoms with Gasteiger partial charge in [0.2, 0.25) is 5.91 Å². The van der Waals surface area contributed by atoms with Crippen LogP contribution in [-0.4, -0.2) is 36.9 Å². The van der Waals surface area contributed by atoms with Crippen LogP contribution in [0.2, 0.25) is 0 Å². The number of rotatable bonds is 4. The highest BCUT2D eigenvalue weighted by molar-refractivity contribution is 5.74. The lowest BCUT2D eigenvalue weighted by Gasteiger charge is -2.26. The molecule has 3 heterocycles. The van der Waals surface area contributed by atoms with E-state index in [1.165, 1.54) is 11.3 Å². The van der Waals surface area contributed by atoms with Crippen LogP contribution in [0.4, 0.5) is 11.5 Å². The molecule has 7 nitrogen and oxygen atoms in total. The second-order valence-corrected chi connectivity index (χ2v) is 7.74. The minimum absolute atomic E-state index is 0.107. The fraction of sp³-hybridized carbons (Fsp3) is 0.318. The summed E-state index contributed by atoms with van der Waals surface area (Å²) in [6, 6.07) is 10.3. The molecule has 0 radical (unpaired) electrons. The minimum atomic E-state index is 0.107. The molecule has 0 saturated heterocycles. The smallest absolute Gasteiger partial charge is 0.219 e. The molecule has 0 atom stereocenters. The summed E-state index contributed by atoms with van der Waals surface area (Å²) in [7, 11) is 1.94. The number of amides is 1. The zero-order valence-corrected chi connectivity index (χ0v) is 16.7. The Hall–Kier alpha value is -3.35. The van der Waals surface area contributed by atoms with Crippen LogP contribution in [0.25, 0.3) is 17.5 Å². The molecule has 2 aromatic heterocycles. The van der Waals surface area contributed by atoms with E-state index < -0.39 is 0 Å². The van der Waals surface area contributed by atoms with Gasteiger partial charge >= 0.3 is 0 Å². The Bertz CT molecular complexity index is 1100. The van der Waals surface area contributed by atoms with E-state index in [9.17, 15) is 4.79 Å². The lowest BCUT2D eigenvalue weighted by molar-refractivity contribution is -0.129. The van der Waals surface area contributed by atoms with Gasteiger partial charge in [0.05, 0.1) is 17.9 Å². The zero-order chi connectivity index (χ0) is 20.0. The van der Waals surface area contributed by atoms with E-state index in [0.29, 0.717) is 6.54 Å². The highest BCUT2D eigenvalue weighted by atomic mass is 16.2. The molecule has 1 N–H and O–H groups in total. The first-order valence-electron chi connectivity index (χ1n) is 9.99. The van der Waals surface area contributed by atoms with Crippen LogP contribution < -0.4 is 5.32 Å². The summed E-state index contributed by atoms with van der Waals surface area (Å²) >= 11 is 0. The average Bonchev–Trinajstić information content (AvgIpc) is 3.34. The van der Waals surface area contributed by atoms with Gasteiger partial charge in [0.1, 0.15) is 0 Å². The number of carbonyl (C=O) groups excluding carboxylic acids is 1. The standard InChI is InChI=1S/C22H24N6O/c1-15(29)27-12-10-21-19(14-27)22(25-28(21)13-16-3-4-16)24-18-7-5-17(6-8-18)20-9-11-23-26(20)2/h5-9,11,13H,3-4,10,12,14H2,1-2H3,(H,24,25). The van der Waals surface area contributed by atoms with Gasteiger partial charge in [0.15, 0.2) is 5.82 Å². The van der Waals surface area contributed by atoms with Gasteiger partial charge in [-0.05, 0) is 36.6 Å². The molecular weight excluding hydrogens is 364 g/mol. The molecule has 1 aromatic carbocycles. The molecule has 29 heavy (non-hydrogen) atoms. The second-order valence-electron chi connectivity index (χ2n) is 7.74. The van der Waals surface area contributed by atoms with E-state index in [-0.39, 0.29) is 5.91 Å². The Morgan fingerprint density at radius 2 is 1.93 bits per heavy atom. The molecule has 0 unspecified atom stereocenters. The van der Waals surface area contributed by atoms with Crippen molar-refractivity contribution in [3.8, 4) is 11.3 Å². The number of hydrogen-bond acceptors (Lipinski definition) is 4. The van der Waals surface area contributed by atoms with E-state index >= 15 is 0 Å². The van der Waals surface area contributed by atoms with Crippen molar-refractivity contribution in [2.75, 3.05) is 11.9 Å². The number of aryl methyl sites for hydroxylation is 1. The topological polar surface area (TPSA) is 68.0 Å². The van der Waals surface area contributed by atoms with Crippen LogP contribution in [0.5, 0.6) is 0 Å². The molecule has 1 aliphatic carbocycles. The molecule has 7 heteroatoms. The predicted molar refractivity (Wildman–Crippen MR) is 112 cm³/mol. The third-order valence-corrected chi connectivity index (χ3v) is 5.64. The maximum absolute atomic E-state index is 11.9. The second kappa shape index (κ2) is 6.92. The summed E-state index contributed by atoms with van der Waals surface area (Å²) in [4.78, 5) is 13.8. The van der Waals surface area contributed by atoms with Crippen LogP contribution in [0.3, 0.4) is 0 Å². The number of anilines is 2. The highest BCUT2D eigenvalue weighted by Crippen LogP contribution is 2.33. The highest BCUT2D eigenvalue weighted by Gasteiger charge is 2.26. The van der Waals surface area contributed by atoms with Gasteiger partial charge < -0.3 is 10.2 Å². The van der Waals surface area contributed by atoms with Crippen molar-refractivity contribution < 1.29 is 4.79 Å². The number of benzene rings is 1. The summed E-state index contributed by atoms with van der Waals surface area (Å²) in [5, 5.41) is 12.5. The molecule has 1 saturated carbocycles. The maximum Gasteiger partial charge on any atom is 0.219 e. The Morgan fingerprint density at radius 1 is 1.14 bits per heavy atom. The summed E-state index contributed by atoms with van der Waals surface area (Å²) in [5.41, 5.74) is 6.91. The number of allylic oxidation sites excluding steroid dienone is 1. The number of nitrogens with zero attached hydrogens (tertiary/aromatic N) is 5. The molecule has 0 spiro atoms. The molecular formula is C22H24N6O. The average molecular weight is 388 g/mol. The first-order valence-corrected chi connectivity index (χ1v) is 9.99. The van der Waals surface area contributed by atoms with Gasteiger partial charge in [-0.25, -0.2) is 4.68 Å². The third kappa shape index (κ3) is 3.44. The number of aromatic nitrogens is 4. The lowest BCUT2D eigenvalue weighted by Crippen LogP contribution is -2.34. The molecule has 3 aromatic rings. The normalized spacial score (nSPS) is 15.2. The van der Waals surface area contributed by atoms with Crippen LogP contribution in [0.15, 0.2) is 42.1 Å². The number of fused-ring (bicyclic) bond motifs is 1. The van der Waals surface area contributed by atoms with Crippen molar-refractivity contribution in [1.82, 2.24) is 24.5 Å². The largest absolute Gasteiger partial charge is 0.338 e. The molecule has 2 aliphatic rings. The summed E-state index contributed by atoms with van der Waals surface area (Å²) < 4.78 is 3.88. The maximum atomic E-state index is 11.9. The molecule has 1 aliphatic heterocycles. The summed E-state index contributed by atoms with van der Waals surface area (Å²) in [6.07, 6.45) is 7.10. The van der Waals surface area contributed by atoms with Crippen molar-refractivity contribution in [1.29, 1.82) is 0 Å². The SMILES string of the molecule is CC(=O)N1CCc2c(c(Nc3ccc(-c4ccnn4C)cc3)nn2C=C2CC2)C1. The molecule has 0 bridgehead atoms. The van der Waals surface area contributed by atoms with Crippen molar-refractivity contribution in [3.05, 3.63) is 53.4 Å². The first kappa shape index (κ1) is 17.7. The Balaban J connectivity index is 1.45. The van der Waals surface area contributed by atoms with E-state index in [1.54, 1.807) is 13.1 Å². The Kier molecular flexibility index (Phi) is 4.23. The quantitative estimate of drug-likeness (QED) is 0.742. The fourth-order valence-corrected chi connectivity index (χ4v) is 3.81. The number of carbonyl (C=O) groups is 1. The van der Waals surface area contributed by atoms with Crippen molar-refractivity contribution >= 4 is 23.6 Å². The van der Waals surface area contributed by atoms with Crippen molar-refractivity contribution in [2.24, 2.45) is 7.05 Å². The predicted octanol–water partition coefficient (Wildman–Crippen LogP) is 3.57. The van der Waals surface area contributed by atoms with E-state index in [2.05, 4.69) is 40.9 Å². The van der Waals surface area contributed by atoms with Gasteiger partial charge in [0.25, 0.3) is 0 Å². The minimum Gasteiger partial charge on any atom is -0.338 e. The first-order chi connectivity index (χ1) is 14.1. The molecule has 148 valence electrons. The van der Waals surface area contributed by atoms with E-state index in [4.69, 9.17) is 5.10 Å². The molecule has 1 amide bonds. The number of hydrogen-bond donors (Lipinski definition) is 1. The summed E-state index contributed by atoms with van der Waals surface area (Å²) in [5.74, 6) is 0.937. The summed E-state index contributed by atoms with van der Waals surface area (Å²) in [6.45, 7) is 2.98. The van der Waals surface area contributed by atoms with Crippen LogP contribution in [-0.2, 0) is 24.8 Å². The van der Waals surface area contributed by atoms with Gasteiger partial charge in [-0.3, -0.25) is 9.48 Å². The van der Waals surface area contributed by atoms with Gasteiger partial charge in [-0.15, -0.1) is 0 Å².